The van der Waals surface area contributed by atoms with Gasteiger partial charge >= 0.3 is 0 Å². The van der Waals surface area contributed by atoms with E-state index in [4.69, 9.17) is 9.26 Å². The van der Waals surface area contributed by atoms with Crippen molar-refractivity contribution in [1.29, 1.82) is 0 Å². The smallest absolute Gasteiger partial charge is 0.251 e. The Bertz CT molecular complexity index is 793. The third-order valence-electron chi connectivity index (χ3n) is 3.29. The molecule has 1 heterocycles. The number of aromatic nitrogens is 1. The molecule has 9 heteroatoms. The third-order valence-corrected chi connectivity index (χ3v) is 5.00. The van der Waals surface area contributed by atoms with Crippen molar-refractivity contribution in [3.05, 3.63) is 41.3 Å². The Labute approximate surface area is 140 Å². The fraction of sp³-hybridized carbons (Fsp3) is 0.333. The molecule has 0 bridgehead atoms. The van der Waals surface area contributed by atoms with Gasteiger partial charge in [-0.05, 0) is 38.1 Å². The topological polar surface area (TPSA) is 111 Å². The number of carbonyl (C=O) groups is 1. The molecule has 0 radical (unpaired) electrons. The minimum atomic E-state index is -3.72. The molecule has 1 aromatic carbocycles. The third kappa shape index (κ3) is 4.12. The maximum atomic E-state index is 12.2. The first-order valence-electron chi connectivity index (χ1n) is 7.20. The van der Waals surface area contributed by atoms with E-state index in [-0.39, 0.29) is 29.7 Å². The molecule has 0 unspecified atom stereocenters. The van der Waals surface area contributed by atoms with Gasteiger partial charge in [0.25, 0.3) is 5.91 Å². The first-order chi connectivity index (χ1) is 11.3. The van der Waals surface area contributed by atoms with E-state index in [1.807, 2.05) is 0 Å². The number of amides is 1. The first-order valence-corrected chi connectivity index (χ1v) is 8.68. The van der Waals surface area contributed by atoms with Gasteiger partial charge in [-0.15, -0.1) is 0 Å². The molecule has 0 aliphatic rings. The average Bonchev–Trinajstić information content (AvgIpc) is 2.91. The molecule has 1 aromatic heterocycles. The van der Waals surface area contributed by atoms with Gasteiger partial charge < -0.3 is 14.6 Å². The molecular weight excluding hydrogens is 334 g/mol. The Morgan fingerprint density at radius 2 is 1.88 bits per heavy atom. The van der Waals surface area contributed by atoms with Gasteiger partial charge in [0, 0.05) is 18.7 Å². The standard InChI is InChI=1S/C15H19N3O5S/c1-10-14(11(2)23-18-10)24(20,21)17-9-8-16-15(19)12-4-6-13(22-3)7-5-12/h4-7,17H,8-9H2,1-3H3,(H,16,19). The molecular formula is C15H19N3O5S. The van der Waals surface area contributed by atoms with Gasteiger partial charge in [-0.1, -0.05) is 5.16 Å². The summed E-state index contributed by atoms with van der Waals surface area (Å²) in [4.78, 5) is 12.0. The lowest BCUT2D eigenvalue weighted by Crippen LogP contribution is -2.35. The van der Waals surface area contributed by atoms with Gasteiger partial charge in [0.05, 0.1) is 7.11 Å². The van der Waals surface area contributed by atoms with Crippen LogP contribution in [-0.2, 0) is 10.0 Å². The van der Waals surface area contributed by atoms with Crippen LogP contribution in [0.5, 0.6) is 5.75 Å². The molecule has 0 atom stereocenters. The van der Waals surface area contributed by atoms with Crippen molar-refractivity contribution in [2.24, 2.45) is 0 Å². The van der Waals surface area contributed by atoms with Crippen molar-refractivity contribution in [3.63, 3.8) is 0 Å². The summed E-state index contributed by atoms with van der Waals surface area (Å²) in [7, 11) is -2.18. The van der Waals surface area contributed by atoms with Gasteiger partial charge in [0.2, 0.25) is 10.0 Å². The normalized spacial score (nSPS) is 11.3. The van der Waals surface area contributed by atoms with E-state index in [2.05, 4.69) is 15.2 Å². The largest absolute Gasteiger partial charge is 0.497 e. The maximum Gasteiger partial charge on any atom is 0.251 e. The van der Waals surface area contributed by atoms with Gasteiger partial charge in [-0.2, -0.15) is 0 Å². The van der Waals surface area contributed by atoms with E-state index in [1.165, 1.54) is 6.92 Å². The molecule has 130 valence electrons. The molecule has 0 fully saturated rings. The van der Waals surface area contributed by atoms with Crippen LogP contribution in [0.2, 0.25) is 0 Å². The van der Waals surface area contributed by atoms with Crippen molar-refractivity contribution in [3.8, 4) is 5.75 Å². The minimum absolute atomic E-state index is 0.0315. The minimum Gasteiger partial charge on any atom is -0.497 e. The van der Waals surface area contributed by atoms with Crippen LogP contribution in [0.15, 0.2) is 33.7 Å². The monoisotopic (exact) mass is 353 g/mol. The molecule has 2 N–H and O–H groups in total. The lowest BCUT2D eigenvalue weighted by molar-refractivity contribution is 0.0954. The zero-order valence-electron chi connectivity index (χ0n) is 13.6. The summed E-state index contributed by atoms with van der Waals surface area (Å²) in [5, 5.41) is 6.26. The second-order valence-electron chi connectivity index (χ2n) is 5.04. The van der Waals surface area contributed by atoms with Crippen molar-refractivity contribution in [2.45, 2.75) is 18.7 Å². The summed E-state index contributed by atoms with van der Waals surface area (Å²) in [6, 6.07) is 6.61. The second-order valence-corrected chi connectivity index (χ2v) is 6.74. The predicted octanol–water partition coefficient (Wildman–Crippen LogP) is 1.01. The van der Waals surface area contributed by atoms with Crippen LogP contribution < -0.4 is 14.8 Å². The molecule has 2 rings (SSSR count). The van der Waals surface area contributed by atoms with Crippen LogP contribution in [0.3, 0.4) is 0 Å². The molecule has 0 spiro atoms. The number of nitrogens with zero attached hydrogens (tertiary/aromatic N) is 1. The predicted molar refractivity (Wildman–Crippen MR) is 86.5 cm³/mol. The van der Waals surface area contributed by atoms with Gasteiger partial charge in [0.15, 0.2) is 5.76 Å². The van der Waals surface area contributed by atoms with Gasteiger partial charge in [-0.3, -0.25) is 4.79 Å². The van der Waals surface area contributed by atoms with E-state index in [0.717, 1.165) is 0 Å². The van der Waals surface area contributed by atoms with Crippen LogP contribution in [-0.4, -0.2) is 39.7 Å². The maximum absolute atomic E-state index is 12.2. The molecule has 0 saturated heterocycles. The quantitative estimate of drug-likeness (QED) is 0.719. The van der Waals surface area contributed by atoms with Crippen LogP contribution >= 0.6 is 0 Å². The van der Waals surface area contributed by atoms with Crippen LogP contribution in [0.1, 0.15) is 21.8 Å². The number of hydrogen-bond donors (Lipinski definition) is 2. The van der Waals surface area contributed by atoms with Gasteiger partial charge in [0.1, 0.15) is 16.3 Å². The van der Waals surface area contributed by atoms with E-state index >= 15 is 0 Å². The fourth-order valence-electron chi connectivity index (χ4n) is 2.14. The number of nitrogens with one attached hydrogen (secondary N) is 2. The molecule has 2 aromatic rings. The first kappa shape index (κ1) is 18.0. The van der Waals surface area contributed by atoms with Crippen molar-refractivity contribution < 1.29 is 22.5 Å². The van der Waals surface area contributed by atoms with Gasteiger partial charge in [-0.25, -0.2) is 13.1 Å². The second kappa shape index (κ2) is 7.45. The molecule has 0 saturated carbocycles. The zero-order chi connectivity index (χ0) is 17.7. The summed E-state index contributed by atoms with van der Waals surface area (Å²) in [5.41, 5.74) is 0.756. The number of aryl methyl sites for hydroxylation is 2. The average molecular weight is 353 g/mol. The molecule has 1 amide bonds. The van der Waals surface area contributed by atoms with Crippen LogP contribution in [0, 0.1) is 13.8 Å². The van der Waals surface area contributed by atoms with E-state index in [9.17, 15) is 13.2 Å². The van der Waals surface area contributed by atoms with E-state index in [0.29, 0.717) is 17.0 Å². The Kier molecular flexibility index (Phi) is 5.58. The summed E-state index contributed by atoms with van der Waals surface area (Å²) >= 11 is 0. The number of ether oxygens (including phenoxy) is 1. The Morgan fingerprint density at radius 3 is 2.42 bits per heavy atom. The van der Waals surface area contributed by atoms with Crippen molar-refractivity contribution >= 4 is 15.9 Å². The SMILES string of the molecule is COc1ccc(C(=O)NCCNS(=O)(=O)c2c(C)noc2C)cc1. The highest BCUT2D eigenvalue weighted by atomic mass is 32.2. The highest BCUT2D eigenvalue weighted by molar-refractivity contribution is 7.89. The zero-order valence-corrected chi connectivity index (χ0v) is 14.4. The Morgan fingerprint density at radius 1 is 1.21 bits per heavy atom. The Hall–Kier alpha value is -2.39. The number of rotatable bonds is 7. The number of methoxy groups -OCH3 is 1. The number of benzene rings is 1. The van der Waals surface area contributed by atoms with E-state index in [1.54, 1.807) is 38.3 Å². The van der Waals surface area contributed by atoms with Crippen LogP contribution in [0.4, 0.5) is 0 Å². The summed E-state index contributed by atoms with van der Waals surface area (Å²) in [6.07, 6.45) is 0. The lowest BCUT2D eigenvalue weighted by Gasteiger charge is -2.08. The number of sulfonamides is 1. The lowest BCUT2D eigenvalue weighted by atomic mass is 10.2. The van der Waals surface area contributed by atoms with Crippen molar-refractivity contribution in [1.82, 2.24) is 15.2 Å². The molecule has 8 nitrogen and oxygen atoms in total. The number of carbonyl (C=O) groups excluding carboxylic acids is 1. The highest BCUT2D eigenvalue weighted by Crippen LogP contribution is 2.18. The summed E-state index contributed by atoms with van der Waals surface area (Å²) in [5.74, 6) is 0.579. The van der Waals surface area contributed by atoms with Crippen LogP contribution in [0.25, 0.3) is 0 Å². The van der Waals surface area contributed by atoms with E-state index < -0.39 is 10.0 Å². The molecule has 0 aliphatic heterocycles. The molecule has 0 aliphatic carbocycles. The number of hydrogen-bond acceptors (Lipinski definition) is 6. The Balaban J connectivity index is 1.87. The summed E-state index contributed by atoms with van der Waals surface area (Å²) in [6.45, 7) is 3.28. The molecule has 24 heavy (non-hydrogen) atoms. The fourth-order valence-corrected chi connectivity index (χ4v) is 3.49. The van der Waals surface area contributed by atoms with Crippen molar-refractivity contribution in [2.75, 3.05) is 20.2 Å². The highest BCUT2D eigenvalue weighted by Gasteiger charge is 2.23. The summed E-state index contributed by atoms with van der Waals surface area (Å²) < 4.78 is 36.6.